The van der Waals surface area contributed by atoms with E-state index in [0.717, 1.165) is 38.5 Å². The molecule has 0 amide bonds. The van der Waals surface area contributed by atoms with E-state index in [4.69, 9.17) is 4.74 Å². The number of hydrogen-bond acceptors (Lipinski definition) is 3. The van der Waals surface area contributed by atoms with Crippen molar-refractivity contribution in [3.05, 3.63) is 0 Å². The number of hydrogen-bond donors (Lipinski definition) is 1. The molecule has 0 aromatic rings. The summed E-state index contributed by atoms with van der Waals surface area (Å²) in [4.78, 5) is 24.4. The number of esters is 1. The van der Waals surface area contributed by atoms with Gasteiger partial charge in [0.25, 0.3) is 0 Å². The molecule has 0 heterocycles. The van der Waals surface area contributed by atoms with Gasteiger partial charge in [0, 0.05) is 0 Å². The topological polar surface area (TPSA) is 63.6 Å². The van der Waals surface area contributed by atoms with Gasteiger partial charge in [0.2, 0.25) is 0 Å². The van der Waals surface area contributed by atoms with Crippen molar-refractivity contribution in [1.82, 2.24) is 0 Å². The molecule has 1 aliphatic carbocycles. The van der Waals surface area contributed by atoms with Crippen molar-refractivity contribution >= 4 is 11.9 Å². The van der Waals surface area contributed by atoms with Crippen LogP contribution in [0.4, 0.5) is 0 Å². The zero-order valence-electron chi connectivity index (χ0n) is 15.8. The van der Waals surface area contributed by atoms with Gasteiger partial charge in [-0.1, -0.05) is 65.7 Å². The van der Waals surface area contributed by atoms with Gasteiger partial charge in [-0.05, 0) is 31.1 Å². The van der Waals surface area contributed by atoms with Gasteiger partial charge in [0.1, 0.15) is 0 Å². The van der Waals surface area contributed by atoms with E-state index in [0.29, 0.717) is 6.61 Å². The van der Waals surface area contributed by atoms with Crippen LogP contribution >= 0.6 is 0 Å². The van der Waals surface area contributed by atoms with Gasteiger partial charge in [0.15, 0.2) is 0 Å². The summed E-state index contributed by atoms with van der Waals surface area (Å²) in [5.74, 6) is -1.91. The average molecular weight is 341 g/mol. The summed E-state index contributed by atoms with van der Waals surface area (Å²) in [6.07, 6.45) is 10.4. The van der Waals surface area contributed by atoms with E-state index in [9.17, 15) is 14.7 Å². The number of carbonyl (C=O) groups excluding carboxylic acids is 1. The molecule has 0 aromatic heterocycles. The van der Waals surface area contributed by atoms with E-state index in [1.165, 1.54) is 25.7 Å². The summed E-state index contributed by atoms with van der Waals surface area (Å²) in [6.45, 7) is 6.69. The molecule has 0 aliphatic heterocycles. The number of carboxylic acid groups (broad SMARTS) is 1. The Balaban J connectivity index is 2.54. The summed E-state index contributed by atoms with van der Waals surface area (Å²) < 4.78 is 5.49. The van der Waals surface area contributed by atoms with Gasteiger partial charge in [-0.3, -0.25) is 9.59 Å². The van der Waals surface area contributed by atoms with Crippen molar-refractivity contribution in [2.75, 3.05) is 6.61 Å². The molecule has 0 saturated heterocycles. The van der Waals surface area contributed by atoms with E-state index >= 15 is 0 Å². The first-order valence-corrected chi connectivity index (χ1v) is 9.96. The number of aliphatic carboxylic acids is 1. The van der Waals surface area contributed by atoms with E-state index in [-0.39, 0.29) is 17.8 Å². The molecule has 1 rings (SSSR count). The third kappa shape index (κ3) is 6.10. The van der Waals surface area contributed by atoms with Crippen LogP contribution in [0.15, 0.2) is 0 Å². The van der Waals surface area contributed by atoms with Crippen molar-refractivity contribution in [2.45, 2.75) is 85.0 Å². The Labute approximate surface area is 147 Å². The second-order valence-corrected chi connectivity index (χ2v) is 7.24. The first kappa shape index (κ1) is 21.0. The Hall–Kier alpha value is -1.06. The van der Waals surface area contributed by atoms with Crippen LogP contribution in [0.2, 0.25) is 0 Å². The highest BCUT2D eigenvalue weighted by Gasteiger charge is 2.46. The molecule has 0 radical (unpaired) electrons. The van der Waals surface area contributed by atoms with Crippen LogP contribution in [-0.4, -0.2) is 23.7 Å². The van der Waals surface area contributed by atoms with E-state index in [1.54, 1.807) is 0 Å². The lowest BCUT2D eigenvalue weighted by Gasteiger charge is -2.39. The molecule has 1 aliphatic rings. The predicted molar refractivity (Wildman–Crippen MR) is 95.7 cm³/mol. The first-order chi connectivity index (χ1) is 11.6. The fourth-order valence-corrected chi connectivity index (χ4v) is 4.14. The summed E-state index contributed by atoms with van der Waals surface area (Å²) in [5.41, 5.74) is 0. The highest BCUT2D eigenvalue weighted by Crippen LogP contribution is 2.42. The molecule has 4 heteroatoms. The fourth-order valence-electron chi connectivity index (χ4n) is 4.14. The molecule has 4 unspecified atom stereocenters. The standard InChI is InChI=1S/C20H36O4/c1-4-7-8-9-10-11-14-24-20(23)18-16(6-3)13-12-15(5-2)17(18)19(21)22/h15-18H,4-14H2,1-3H3,(H,21,22). The molecule has 140 valence electrons. The van der Waals surface area contributed by atoms with Crippen LogP contribution in [0, 0.1) is 23.7 Å². The second-order valence-electron chi connectivity index (χ2n) is 7.24. The Morgan fingerprint density at radius 3 is 1.96 bits per heavy atom. The van der Waals surface area contributed by atoms with Crippen LogP contribution < -0.4 is 0 Å². The maximum Gasteiger partial charge on any atom is 0.310 e. The fraction of sp³-hybridized carbons (Fsp3) is 0.900. The van der Waals surface area contributed by atoms with Gasteiger partial charge < -0.3 is 9.84 Å². The number of unbranched alkanes of at least 4 members (excludes halogenated alkanes) is 5. The maximum absolute atomic E-state index is 12.6. The van der Waals surface area contributed by atoms with Gasteiger partial charge in [-0.15, -0.1) is 0 Å². The minimum absolute atomic E-state index is 0.0943. The van der Waals surface area contributed by atoms with Crippen molar-refractivity contribution < 1.29 is 19.4 Å². The van der Waals surface area contributed by atoms with Crippen LogP contribution in [-0.2, 0) is 14.3 Å². The SMILES string of the molecule is CCCCCCCCOC(=O)C1C(CC)CCC(CC)C1C(=O)O. The Kier molecular flexibility index (Phi) is 10.0. The minimum Gasteiger partial charge on any atom is -0.481 e. The van der Waals surface area contributed by atoms with Crippen LogP contribution in [0.3, 0.4) is 0 Å². The van der Waals surface area contributed by atoms with Gasteiger partial charge >= 0.3 is 11.9 Å². The molecular formula is C20H36O4. The zero-order chi connectivity index (χ0) is 17.9. The molecular weight excluding hydrogens is 304 g/mol. The third-order valence-corrected chi connectivity index (χ3v) is 5.66. The number of rotatable bonds is 11. The average Bonchev–Trinajstić information content (AvgIpc) is 2.59. The molecule has 1 N–H and O–H groups in total. The molecule has 4 nitrogen and oxygen atoms in total. The lowest BCUT2D eigenvalue weighted by molar-refractivity contribution is -0.166. The van der Waals surface area contributed by atoms with E-state index in [2.05, 4.69) is 6.92 Å². The summed E-state index contributed by atoms with van der Waals surface area (Å²) >= 11 is 0. The zero-order valence-corrected chi connectivity index (χ0v) is 15.8. The van der Waals surface area contributed by atoms with Crippen LogP contribution in [0.5, 0.6) is 0 Å². The largest absolute Gasteiger partial charge is 0.481 e. The quantitative estimate of drug-likeness (QED) is 0.422. The normalized spacial score (nSPS) is 27.0. The Morgan fingerprint density at radius 2 is 1.42 bits per heavy atom. The van der Waals surface area contributed by atoms with E-state index < -0.39 is 17.8 Å². The number of carbonyl (C=O) groups is 2. The highest BCUT2D eigenvalue weighted by molar-refractivity contribution is 5.82. The molecule has 0 bridgehead atoms. The molecule has 24 heavy (non-hydrogen) atoms. The molecule has 1 fully saturated rings. The van der Waals surface area contributed by atoms with Gasteiger partial charge in [-0.25, -0.2) is 0 Å². The summed E-state index contributed by atoms with van der Waals surface area (Å²) in [5, 5.41) is 9.66. The molecule has 1 saturated carbocycles. The van der Waals surface area contributed by atoms with Crippen molar-refractivity contribution in [3.63, 3.8) is 0 Å². The lowest BCUT2D eigenvalue weighted by Crippen LogP contribution is -2.44. The highest BCUT2D eigenvalue weighted by atomic mass is 16.5. The summed E-state index contributed by atoms with van der Waals surface area (Å²) in [7, 11) is 0. The van der Waals surface area contributed by atoms with Crippen LogP contribution in [0.25, 0.3) is 0 Å². The number of ether oxygens (including phenoxy) is 1. The monoisotopic (exact) mass is 340 g/mol. The van der Waals surface area contributed by atoms with Crippen molar-refractivity contribution in [1.29, 1.82) is 0 Å². The van der Waals surface area contributed by atoms with Crippen molar-refractivity contribution in [2.24, 2.45) is 23.7 Å². The molecule has 0 aromatic carbocycles. The number of carboxylic acids is 1. The smallest absolute Gasteiger partial charge is 0.310 e. The minimum atomic E-state index is -0.832. The van der Waals surface area contributed by atoms with Gasteiger partial charge in [-0.2, -0.15) is 0 Å². The molecule has 0 spiro atoms. The van der Waals surface area contributed by atoms with Crippen molar-refractivity contribution in [3.8, 4) is 0 Å². The lowest BCUT2D eigenvalue weighted by atomic mass is 9.65. The Morgan fingerprint density at radius 1 is 0.875 bits per heavy atom. The summed E-state index contributed by atoms with van der Waals surface area (Å²) in [6, 6.07) is 0. The molecule has 4 atom stereocenters. The second kappa shape index (κ2) is 11.5. The van der Waals surface area contributed by atoms with Crippen LogP contribution in [0.1, 0.15) is 85.0 Å². The Bertz CT molecular complexity index is 380. The third-order valence-electron chi connectivity index (χ3n) is 5.66. The maximum atomic E-state index is 12.6. The predicted octanol–water partition coefficient (Wildman–Crippen LogP) is 5.05. The first-order valence-electron chi connectivity index (χ1n) is 9.96. The van der Waals surface area contributed by atoms with E-state index in [1.807, 2.05) is 13.8 Å². The van der Waals surface area contributed by atoms with Gasteiger partial charge in [0.05, 0.1) is 18.4 Å².